The van der Waals surface area contributed by atoms with Gasteiger partial charge in [0.25, 0.3) is 5.56 Å². The Labute approximate surface area is 186 Å². The number of piperazine rings is 1. The van der Waals surface area contributed by atoms with E-state index in [9.17, 15) is 9.59 Å². The highest BCUT2D eigenvalue weighted by Crippen LogP contribution is 2.34. The summed E-state index contributed by atoms with van der Waals surface area (Å²) in [5.41, 5.74) is 1.33. The number of nitrogens with zero attached hydrogens (tertiary/aromatic N) is 4. The summed E-state index contributed by atoms with van der Waals surface area (Å²) in [6, 6.07) is 0. The van der Waals surface area contributed by atoms with E-state index in [-0.39, 0.29) is 11.5 Å². The van der Waals surface area contributed by atoms with Crippen LogP contribution in [0.3, 0.4) is 0 Å². The standard InChI is InChI=1S/C22H32N4O2S2/c1-15(2)8-9-26-21(28)19-16-6-4-5-7-17(16)30-20(19)23-22(26)29-14-18(27)25-12-10-24(3)11-13-25/h15H,4-14H2,1-3H3. The predicted octanol–water partition coefficient (Wildman–Crippen LogP) is 3.25. The molecule has 8 heteroatoms. The van der Waals surface area contributed by atoms with Gasteiger partial charge in [0.05, 0.1) is 11.1 Å². The molecule has 2 aromatic rings. The van der Waals surface area contributed by atoms with Crippen LogP contribution < -0.4 is 5.56 Å². The van der Waals surface area contributed by atoms with Crippen LogP contribution in [0.5, 0.6) is 0 Å². The largest absolute Gasteiger partial charge is 0.339 e. The lowest BCUT2D eigenvalue weighted by atomic mass is 9.97. The second-order valence-corrected chi connectivity index (χ2v) is 10.9. The summed E-state index contributed by atoms with van der Waals surface area (Å²) in [7, 11) is 2.09. The first-order chi connectivity index (χ1) is 14.4. The van der Waals surface area contributed by atoms with E-state index in [4.69, 9.17) is 4.98 Å². The normalized spacial score (nSPS) is 17.7. The average molecular weight is 449 g/mol. The summed E-state index contributed by atoms with van der Waals surface area (Å²) in [5.74, 6) is 0.992. The first-order valence-electron chi connectivity index (χ1n) is 11.1. The maximum Gasteiger partial charge on any atom is 0.263 e. The minimum Gasteiger partial charge on any atom is -0.339 e. The Morgan fingerprint density at radius 3 is 2.63 bits per heavy atom. The van der Waals surface area contributed by atoms with Gasteiger partial charge in [-0.1, -0.05) is 25.6 Å². The lowest BCUT2D eigenvalue weighted by Gasteiger charge is -2.32. The maximum atomic E-state index is 13.5. The summed E-state index contributed by atoms with van der Waals surface area (Å²) < 4.78 is 1.84. The van der Waals surface area contributed by atoms with Crippen molar-refractivity contribution < 1.29 is 4.79 Å². The van der Waals surface area contributed by atoms with Gasteiger partial charge in [-0.2, -0.15) is 0 Å². The van der Waals surface area contributed by atoms with Gasteiger partial charge in [0.1, 0.15) is 4.83 Å². The molecule has 4 rings (SSSR count). The molecule has 0 saturated carbocycles. The van der Waals surface area contributed by atoms with E-state index in [1.807, 2.05) is 9.47 Å². The molecule has 0 atom stereocenters. The molecule has 164 valence electrons. The second kappa shape index (κ2) is 9.40. The Balaban J connectivity index is 1.61. The van der Waals surface area contributed by atoms with Crippen molar-refractivity contribution in [1.82, 2.24) is 19.4 Å². The Morgan fingerprint density at radius 2 is 1.90 bits per heavy atom. The highest BCUT2D eigenvalue weighted by molar-refractivity contribution is 7.99. The molecule has 1 aliphatic carbocycles. The third kappa shape index (κ3) is 4.60. The molecule has 0 aromatic carbocycles. The van der Waals surface area contributed by atoms with Crippen LogP contribution in [-0.2, 0) is 24.2 Å². The molecular formula is C22H32N4O2S2. The molecule has 1 aliphatic heterocycles. The van der Waals surface area contributed by atoms with Crippen molar-refractivity contribution in [2.75, 3.05) is 39.0 Å². The molecule has 2 aromatic heterocycles. The van der Waals surface area contributed by atoms with E-state index >= 15 is 0 Å². The van der Waals surface area contributed by atoms with Crippen molar-refractivity contribution in [3.05, 3.63) is 20.8 Å². The lowest BCUT2D eigenvalue weighted by molar-refractivity contribution is -0.129. The molecule has 1 fully saturated rings. The van der Waals surface area contributed by atoms with Gasteiger partial charge in [0.2, 0.25) is 5.91 Å². The molecule has 3 heterocycles. The predicted molar refractivity (Wildman–Crippen MR) is 125 cm³/mol. The molecule has 0 radical (unpaired) electrons. The van der Waals surface area contributed by atoms with E-state index in [1.54, 1.807) is 11.3 Å². The van der Waals surface area contributed by atoms with Crippen LogP contribution in [0, 0.1) is 5.92 Å². The van der Waals surface area contributed by atoms with E-state index in [1.165, 1.54) is 28.6 Å². The molecule has 2 aliphatic rings. The average Bonchev–Trinajstić information content (AvgIpc) is 3.10. The zero-order valence-corrected chi connectivity index (χ0v) is 19.9. The summed E-state index contributed by atoms with van der Waals surface area (Å²) in [5, 5.41) is 1.54. The van der Waals surface area contributed by atoms with Crippen molar-refractivity contribution in [2.45, 2.75) is 57.7 Å². The van der Waals surface area contributed by atoms with Crippen molar-refractivity contribution in [1.29, 1.82) is 0 Å². The topological polar surface area (TPSA) is 58.4 Å². The summed E-state index contributed by atoms with van der Waals surface area (Å²) in [4.78, 5) is 37.5. The fraction of sp³-hybridized carbons (Fsp3) is 0.682. The summed E-state index contributed by atoms with van der Waals surface area (Å²) in [6.07, 6.45) is 5.33. The van der Waals surface area contributed by atoms with Gasteiger partial charge in [-0.3, -0.25) is 14.2 Å². The third-order valence-electron chi connectivity index (χ3n) is 6.15. The quantitative estimate of drug-likeness (QED) is 0.502. The number of thiophene rings is 1. The van der Waals surface area contributed by atoms with E-state index in [0.29, 0.717) is 23.4 Å². The number of amides is 1. The van der Waals surface area contributed by atoms with Crippen LogP contribution in [0.25, 0.3) is 10.2 Å². The van der Waals surface area contributed by atoms with Crippen LogP contribution in [0.15, 0.2) is 9.95 Å². The Bertz CT molecular complexity index is 974. The number of carbonyl (C=O) groups excluding carboxylic acids is 1. The van der Waals surface area contributed by atoms with Crippen LogP contribution in [0.1, 0.15) is 43.6 Å². The fourth-order valence-corrected chi connectivity index (χ4v) is 6.42. The number of carbonyl (C=O) groups is 1. The number of fused-ring (bicyclic) bond motifs is 3. The summed E-state index contributed by atoms with van der Waals surface area (Å²) in [6.45, 7) is 8.40. The Hall–Kier alpha value is -1.38. The van der Waals surface area contributed by atoms with Crippen molar-refractivity contribution in [3.8, 4) is 0 Å². The number of hydrogen-bond acceptors (Lipinski definition) is 6. The van der Waals surface area contributed by atoms with Crippen LogP contribution in [-0.4, -0.2) is 64.2 Å². The minimum absolute atomic E-state index is 0.0922. The van der Waals surface area contributed by atoms with E-state index in [0.717, 1.165) is 62.1 Å². The smallest absolute Gasteiger partial charge is 0.263 e. The molecule has 0 N–H and O–H groups in total. The number of aryl methyl sites for hydroxylation is 2. The zero-order valence-electron chi connectivity index (χ0n) is 18.3. The van der Waals surface area contributed by atoms with Gasteiger partial charge in [-0.25, -0.2) is 4.98 Å². The van der Waals surface area contributed by atoms with Gasteiger partial charge in [-0.05, 0) is 50.6 Å². The van der Waals surface area contributed by atoms with Crippen LogP contribution in [0.2, 0.25) is 0 Å². The van der Waals surface area contributed by atoms with Gasteiger partial charge in [0.15, 0.2) is 5.16 Å². The molecule has 0 unspecified atom stereocenters. The SMILES string of the molecule is CC(C)CCn1c(SCC(=O)N2CCN(C)CC2)nc2sc3c(c2c1=O)CCCC3. The number of likely N-dealkylation sites (N-methyl/N-ethyl adjacent to an activating group) is 1. The van der Waals surface area contributed by atoms with Gasteiger partial charge in [-0.15, -0.1) is 11.3 Å². The first kappa shape index (κ1) is 21.8. The zero-order chi connectivity index (χ0) is 21.3. The molecule has 6 nitrogen and oxygen atoms in total. The molecule has 0 spiro atoms. The van der Waals surface area contributed by atoms with Gasteiger partial charge in [0, 0.05) is 37.6 Å². The van der Waals surface area contributed by atoms with Crippen LogP contribution in [0.4, 0.5) is 0 Å². The van der Waals surface area contributed by atoms with E-state index < -0.39 is 0 Å². The number of rotatable bonds is 6. The number of hydrogen-bond donors (Lipinski definition) is 0. The Kier molecular flexibility index (Phi) is 6.85. The monoisotopic (exact) mass is 448 g/mol. The van der Waals surface area contributed by atoms with Crippen LogP contribution >= 0.6 is 23.1 Å². The second-order valence-electron chi connectivity index (χ2n) is 8.90. The Morgan fingerprint density at radius 1 is 1.17 bits per heavy atom. The fourth-order valence-electron chi connectivity index (χ4n) is 4.19. The number of thioether (sulfide) groups is 1. The summed E-state index contributed by atoms with van der Waals surface area (Å²) >= 11 is 3.11. The lowest BCUT2D eigenvalue weighted by Crippen LogP contribution is -2.47. The minimum atomic E-state index is 0.0922. The highest BCUT2D eigenvalue weighted by atomic mass is 32.2. The molecular weight excluding hydrogens is 416 g/mol. The van der Waals surface area contributed by atoms with E-state index in [2.05, 4.69) is 25.8 Å². The van der Waals surface area contributed by atoms with Crippen molar-refractivity contribution in [2.24, 2.45) is 5.92 Å². The van der Waals surface area contributed by atoms with Gasteiger partial charge < -0.3 is 9.80 Å². The molecule has 1 amide bonds. The maximum absolute atomic E-state index is 13.5. The molecule has 0 bridgehead atoms. The molecule has 1 saturated heterocycles. The number of aromatic nitrogens is 2. The highest BCUT2D eigenvalue weighted by Gasteiger charge is 2.24. The third-order valence-corrected chi connectivity index (χ3v) is 8.30. The van der Waals surface area contributed by atoms with Gasteiger partial charge >= 0.3 is 0 Å². The van der Waals surface area contributed by atoms with Crippen molar-refractivity contribution >= 4 is 39.2 Å². The first-order valence-corrected chi connectivity index (χ1v) is 12.9. The van der Waals surface area contributed by atoms with Crippen molar-refractivity contribution in [3.63, 3.8) is 0 Å². The molecule has 30 heavy (non-hydrogen) atoms.